The minimum atomic E-state index is -0.299. The van der Waals surface area contributed by atoms with Crippen molar-refractivity contribution in [3.05, 3.63) is 52.2 Å². The second kappa shape index (κ2) is 6.95. The predicted octanol–water partition coefficient (Wildman–Crippen LogP) is 3.55. The van der Waals surface area contributed by atoms with Gasteiger partial charge in [-0.15, -0.1) is 0 Å². The van der Waals surface area contributed by atoms with E-state index in [-0.39, 0.29) is 5.97 Å². The summed E-state index contributed by atoms with van der Waals surface area (Å²) >= 11 is 1.69. The van der Waals surface area contributed by atoms with Crippen molar-refractivity contribution >= 4 is 17.3 Å². The van der Waals surface area contributed by atoms with E-state index in [1.807, 2.05) is 0 Å². The predicted molar refractivity (Wildman–Crippen MR) is 75.9 cm³/mol. The maximum Gasteiger partial charge on any atom is 0.338 e. The molecule has 3 nitrogen and oxygen atoms in total. The molecular formula is C15H16O3S. The zero-order valence-electron chi connectivity index (χ0n) is 10.8. The summed E-state index contributed by atoms with van der Waals surface area (Å²) in [4.78, 5) is 11.5. The summed E-state index contributed by atoms with van der Waals surface area (Å²) in [5, 5.41) is 4.18. The van der Waals surface area contributed by atoms with Crippen LogP contribution in [-0.2, 0) is 11.2 Å². The molecule has 1 aromatic carbocycles. The van der Waals surface area contributed by atoms with Crippen LogP contribution in [0.1, 0.15) is 22.8 Å². The van der Waals surface area contributed by atoms with Gasteiger partial charge in [0.15, 0.2) is 0 Å². The topological polar surface area (TPSA) is 35.5 Å². The van der Waals surface area contributed by atoms with E-state index in [4.69, 9.17) is 9.47 Å². The zero-order valence-corrected chi connectivity index (χ0v) is 11.6. The molecule has 19 heavy (non-hydrogen) atoms. The van der Waals surface area contributed by atoms with Crippen molar-refractivity contribution in [3.63, 3.8) is 0 Å². The molecule has 0 saturated carbocycles. The molecule has 2 rings (SSSR count). The van der Waals surface area contributed by atoms with Crippen molar-refractivity contribution < 1.29 is 14.3 Å². The number of rotatable bonds is 6. The number of benzene rings is 1. The van der Waals surface area contributed by atoms with E-state index in [9.17, 15) is 4.79 Å². The largest absolute Gasteiger partial charge is 0.493 e. The van der Waals surface area contributed by atoms with E-state index >= 15 is 0 Å². The monoisotopic (exact) mass is 276 g/mol. The molecule has 4 heteroatoms. The van der Waals surface area contributed by atoms with Crippen LogP contribution in [-0.4, -0.2) is 19.2 Å². The Bertz CT molecular complexity index is 503. The third-order valence-electron chi connectivity index (χ3n) is 2.61. The maximum atomic E-state index is 11.5. The molecule has 0 radical (unpaired) electrons. The highest BCUT2D eigenvalue weighted by molar-refractivity contribution is 7.07. The van der Waals surface area contributed by atoms with Gasteiger partial charge in [0.1, 0.15) is 5.75 Å². The van der Waals surface area contributed by atoms with Crippen molar-refractivity contribution in [2.45, 2.75) is 13.3 Å². The Labute approximate surface area is 116 Å². The van der Waals surface area contributed by atoms with Crippen LogP contribution in [0.3, 0.4) is 0 Å². The first-order chi connectivity index (χ1) is 9.29. The van der Waals surface area contributed by atoms with Crippen LogP contribution in [0.4, 0.5) is 0 Å². The van der Waals surface area contributed by atoms with E-state index in [0.717, 1.165) is 12.2 Å². The molecule has 0 amide bonds. The smallest absolute Gasteiger partial charge is 0.338 e. The van der Waals surface area contributed by atoms with E-state index in [1.54, 1.807) is 42.5 Å². The molecule has 0 N–H and O–H groups in total. The molecule has 0 aliphatic rings. The van der Waals surface area contributed by atoms with E-state index in [1.165, 1.54) is 5.56 Å². The van der Waals surface area contributed by atoms with Gasteiger partial charge in [-0.1, -0.05) is 0 Å². The van der Waals surface area contributed by atoms with Crippen LogP contribution in [0.25, 0.3) is 0 Å². The van der Waals surface area contributed by atoms with Gasteiger partial charge >= 0.3 is 5.97 Å². The Morgan fingerprint density at radius 2 is 2.00 bits per heavy atom. The van der Waals surface area contributed by atoms with Gasteiger partial charge in [-0.05, 0) is 53.6 Å². The van der Waals surface area contributed by atoms with Gasteiger partial charge in [0, 0.05) is 6.42 Å². The Hall–Kier alpha value is -1.81. The quantitative estimate of drug-likeness (QED) is 0.757. The Morgan fingerprint density at radius 1 is 1.21 bits per heavy atom. The number of hydrogen-bond acceptors (Lipinski definition) is 4. The average Bonchev–Trinajstić information content (AvgIpc) is 2.93. The van der Waals surface area contributed by atoms with Gasteiger partial charge in [0.25, 0.3) is 0 Å². The summed E-state index contributed by atoms with van der Waals surface area (Å²) in [6.07, 6.45) is 0.892. The molecule has 2 aromatic rings. The minimum absolute atomic E-state index is 0.299. The molecule has 100 valence electrons. The van der Waals surface area contributed by atoms with Crippen LogP contribution in [0.2, 0.25) is 0 Å². The zero-order chi connectivity index (χ0) is 13.5. The van der Waals surface area contributed by atoms with Crippen LogP contribution in [0, 0.1) is 0 Å². The highest BCUT2D eigenvalue weighted by Crippen LogP contribution is 2.14. The van der Waals surface area contributed by atoms with Crippen LogP contribution < -0.4 is 4.74 Å². The molecule has 0 spiro atoms. The van der Waals surface area contributed by atoms with Gasteiger partial charge in [0.05, 0.1) is 18.8 Å². The van der Waals surface area contributed by atoms with Crippen molar-refractivity contribution in [1.82, 2.24) is 0 Å². The van der Waals surface area contributed by atoms with Gasteiger partial charge in [-0.25, -0.2) is 4.79 Å². The number of thiophene rings is 1. The average molecular weight is 276 g/mol. The molecule has 0 fully saturated rings. The molecule has 0 bridgehead atoms. The van der Waals surface area contributed by atoms with Gasteiger partial charge in [-0.3, -0.25) is 0 Å². The van der Waals surface area contributed by atoms with E-state index in [2.05, 4.69) is 16.8 Å². The van der Waals surface area contributed by atoms with Crippen LogP contribution >= 0.6 is 11.3 Å². The molecule has 1 aromatic heterocycles. The summed E-state index contributed by atoms with van der Waals surface area (Å²) < 4.78 is 10.5. The number of hydrogen-bond donors (Lipinski definition) is 0. The molecule has 0 saturated heterocycles. The first kappa shape index (κ1) is 13.6. The molecule has 0 unspecified atom stereocenters. The fourth-order valence-corrected chi connectivity index (χ4v) is 2.33. The SMILES string of the molecule is CCOC(=O)c1ccc(OCCc2ccsc2)cc1. The van der Waals surface area contributed by atoms with Crippen molar-refractivity contribution in [2.24, 2.45) is 0 Å². The highest BCUT2D eigenvalue weighted by atomic mass is 32.1. The molecular weight excluding hydrogens is 260 g/mol. The molecule has 1 heterocycles. The molecule has 0 aliphatic carbocycles. The highest BCUT2D eigenvalue weighted by Gasteiger charge is 2.05. The molecule has 0 aliphatic heterocycles. The fraction of sp³-hybridized carbons (Fsp3) is 0.267. The lowest BCUT2D eigenvalue weighted by Gasteiger charge is -2.06. The summed E-state index contributed by atoms with van der Waals surface area (Å²) in [5.41, 5.74) is 1.83. The fourth-order valence-electron chi connectivity index (χ4n) is 1.62. The summed E-state index contributed by atoms with van der Waals surface area (Å²) in [5.74, 6) is 0.468. The third kappa shape index (κ3) is 4.10. The number of carbonyl (C=O) groups is 1. The lowest BCUT2D eigenvalue weighted by Crippen LogP contribution is -2.05. The van der Waals surface area contributed by atoms with Crippen molar-refractivity contribution in [3.8, 4) is 5.75 Å². The lowest BCUT2D eigenvalue weighted by molar-refractivity contribution is 0.0526. The first-order valence-electron chi connectivity index (χ1n) is 6.20. The van der Waals surface area contributed by atoms with Gasteiger partial charge in [-0.2, -0.15) is 11.3 Å². The number of carbonyl (C=O) groups excluding carboxylic acids is 1. The first-order valence-corrected chi connectivity index (χ1v) is 7.15. The van der Waals surface area contributed by atoms with Gasteiger partial charge in [0.2, 0.25) is 0 Å². The second-order valence-corrected chi connectivity index (χ2v) is 4.75. The van der Waals surface area contributed by atoms with Crippen molar-refractivity contribution in [2.75, 3.05) is 13.2 Å². The Kier molecular flexibility index (Phi) is 4.98. The Morgan fingerprint density at radius 3 is 2.63 bits per heavy atom. The van der Waals surface area contributed by atoms with Crippen LogP contribution in [0.5, 0.6) is 5.75 Å². The molecule has 0 atom stereocenters. The Balaban J connectivity index is 1.83. The third-order valence-corrected chi connectivity index (χ3v) is 3.34. The number of esters is 1. The van der Waals surface area contributed by atoms with E-state index < -0.39 is 0 Å². The summed E-state index contributed by atoms with van der Waals surface area (Å²) in [6.45, 7) is 2.81. The normalized spacial score (nSPS) is 10.2. The standard InChI is InChI=1S/C15H16O3S/c1-2-17-15(16)13-3-5-14(6-4-13)18-9-7-12-8-10-19-11-12/h3-6,8,10-11H,2,7,9H2,1H3. The number of ether oxygens (including phenoxy) is 2. The summed E-state index contributed by atoms with van der Waals surface area (Å²) in [6, 6.07) is 9.12. The van der Waals surface area contributed by atoms with Crippen molar-refractivity contribution in [1.29, 1.82) is 0 Å². The summed E-state index contributed by atoms with van der Waals surface area (Å²) in [7, 11) is 0. The maximum absolute atomic E-state index is 11.5. The van der Waals surface area contributed by atoms with Crippen LogP contribution in [0.15, 0.2) is 41.1 Å². The van der Waals surface area contributed by atoms with Gasteiger partial charge < -0.3 is 9.47 Å². The van der Waals surface area contributed by atoms with E-state index in [0.29, 0.717) is 18.8 Å². The minimum Gasteiger partial charge on any atom is -0.493 e. The second-order valence-electron chi connectivity index (χ2n) is 3.97. The lowest BCUT2D eigenvalue weighted by atomic mass is 10.2.